The van der Waals surface area contributed by atoms with Crippen molar-refractivity contribution in [3.05, 3.63) is 58.2 Å². The number of hydrogen-bond acceptors (Lipinski definition) is 12. The molecule has 1 aromatic carbocycles. The number of esters is 1. The van der Waals surface area contributed by atoms with Gasteiger partial charge >= 0.3 is 5.97 Å². The maximum atomic E-state index is 14.6. The highest BCUT2D eigenvalue weighted by Gasteiger charge is 2.40. The number of amides is 4. The summed E-state index contributed by atoms with van der Waals surface area (Å²) in [5, 5.41) is 11.0. The first-order valence-corrected chi connectivity index (χ1v) is 23.7. The number of carbonyl (C=O) groups excluding carboxylic acids is 5. The second-order valence-corrected chi connectivity index (χ2v) is 19.7. The molecule has 65 heavy (non-hydrogen) atoms. The molecule has 2 fully saturated rings. The van der Waals surface area contributed by atoms with Gasteiger partial charge in [-0.25, -0.2) is 10.4 Å². The largest absolute Gasteiger partial charge is 0.464 e. The van der Waals surface area contributed by atoms with Crippen LogP contribution < -0.4 is 16.1 Å². The Kier molecular flexibility index (Phi) is 14.8. The summed E-state index contributed by atoms with van der Waals surface area (Å²) in [7, 11) is 5.00. The lowest BCUT2D eigenvalue weighted by atomic mass is 9.84. The summed E-state index contributed by atoms with van der Waals surface area (Å²) in [5.74, 6) is -2.41. The minimum atomic E-state index is -1.08. The molecule has 3 aliphatic heterocycles. The number of aromatic nitrogens is 3. The first-order chi connectivity index (χ1) is 31.0. The minimum absolute atomic E-state index is 0.0773. The van der Waals surface area contributed by atoms with Crippen molar-refractivity contribution in [1.82, 2.24) is 45.4 Å². The predicted molar refractivity (Wildman–Crippen MR) is 249 cm³/mol. The molecular weight excluding hydrogens is 847 g/mol. The average Bonchev–Trinajstić information content (AvgIpc) is 4.05. The van der Waals surface area contributed by atoms with E-state index in [4.69, 9.17) is 19.4 Å². The van der Waals surface area contributed by atoms with Crippen molar-refractivity contribution in [3.63, 3.8) is 0 Å². The quantitative estimate of drug-likeness (QED) is 0.177. The number of thiazole rings is 1. The number of likely N-dealkylation sites (tertiary alicyclic amines) is 1. The summed E-state index contributed by atoms with van der Waals surface area (Å²) in [5.41, 5.74) is 9.27. The Balaban J connectivity index is 1.26. The number of ether oxygens (including phenoxy) is 2. The fraction of sp³-hybridized carbons (Fsp3) is 0.562. The Bertz CT molecular complexity index is 2410. The van der Waals surface area contributed by atoms with Crippen molar-refractivity contribution >= 4 is 51.8 Å². The van der Waals surface area contributed by atoms with E-state index < -0.39 is 47.2 Å². The van der Waals surface area contributed by atoms with E-state index in [-0.39, 0.29) is 50.0 Å². The highest BCUT2D eigenvalue weighted by molar-refractivity contribution is 7.10. The van der Waals surface area contributed by atoms with Gasteiger partial charge in [0.2, 0.25) is 17.7 Å². The topological polar surface area (TPSA) is 180 Å². The van der Waals surface area contributed by atoms with Gasteiger partial charge in [0.25, 0.3) is 5.91 Å². The Morgan fingerprint density at radius 2 is 1.91 bits per heavy atom. The van der Waals surface area contributed by atoms with Crippen LogP contribution in [-0.4, -0.2) is 131 Å². The second-order valence-electron chi connectivity index (χ2n) is 18.8. The predicted octanol–water partition coefficient (Wildman–Crippen LogP) is 4.75. The number of nitrogens with one attached hydrogen (secondary N) is 3. The van der Waals surface area contributed by atoms with Crippen LogP contribution in [0.1, 0.15) is 83.2 Å². The normalized spacial score (nSPS) is 21.2. The van der Waals surface area contributed by atoms with E-state index in [9.17, 15) is 24.0 Å². The van der Waals surface area contributed by atoms with Crippen molar-refractivity contribution in [3.8, 4) is 22.5 Å². The van der Waals surface area contributed by atoms with E-state index in [1.165, 1.54) is 21.2 Å². The molecule has 6 heterocycles. The number of aryl methyl sites for hydroxylation is 1. The Hall–Kier alpha value is -5.23. The molecule has 3 aliphatic rings. The van der Waals surface area contributed by atoms with Crippen molar-refractivity contribution in [2.45, 2.75) is 104 Å². The summed E-state index contributed by atoms with van der Waals surface area (Å²) in [6.45, 7) is 14.1. The van der Waals surface area contributed by atoms with Crippen molar-refractivity contribution in [1.29, 1.82) is 0 Å². The summed E-state index contributed by atoms with van der Waals surface area (Å²) in [4.78, 5) is 82.5. The van der Waals surface area contributed by atoms with Gasteiger partial charge in [-0.1, -0.05) is 33.8 Å². The van der Waals surface area contributed by atoms with Gasteiger partial charge < -0.3 is 34.5 Å². The van der Waals surface area contributed by atoms with Gasteiger partial charge in [0.05, 0.1) is 47.3 Å². The standard InChI is InChI=1S/C48H65N9O7S/c1-10-56-38-16-15-30-21-33(38)34(43(56)32-13-11-18-50-41(32)29(4)63-9)23-48(5,6)27-64-47(62)35-14-12-19-57(53-35)46(61)36(22-39-51-37(30)26-65-39)52-44(59)42(28(2)3)54(8)45(60)31-17-20-55(25-31)40(58)24-49-7/h11,13,15-16,18,21,26,28-29,31,35-36,42,49,53H,10,12,14,17,19-20,22-25,27H2,1-9H3,(H,52,59)/t29-,31-,35-,36-,42-/m0/s1. The lowest BCUT2D eigenvalue weighted by Crippen LogP contribution is -2.62. The molecule has 0 radical (unpaired) electrons. The van der Waals surface area contributed by atoms with Crippen LogP contribution in [0.5, 0.6) is 0 Å². The second kappa shape index (κ2) is 20.1. The smallest absolute Gasteiger partial charge is 0.324 e. The number of nitrogens with zero attached hydrogens (tertiary/aromatic N) is 6. The van der Waals surface area contributed by atoms with Gasteiger partial charge in [-0.15, -0.1) is 11.3 Å². The number of hydrazine groups is 1. The fourth-order valence-electron chi connectivity index (χ4n) is 9.62. The number of hydrogen-bond donors (Lipinski definition) is 3. The third-order valence-corrected chi connectivity index (χ3v) is 13.9. The highest BCUT2D eigenvalue weighted by atomic mass is 32.1. The Labute approximate surface area is 385 Å². The number of likely N-dealkylation sites (N-methyl/N-ethyl adjacent to an activating group) is 2. The van der Waals surface area contributed by atoms with Crippen LogP contribution in [0.25, 0.3) is 33.4 Å². The maximum absolute atomic E-state index is 14.6. The SMILES string of the molecule is CCn1c(-c2cccnc2[C@H](C)OC)c2c3cc(ccc31)-c1csc(n1)C[C@H](NC(=O)[C@H](C(C)C)N(C)C(=O)[C@H]1CCN(C(=O)CNC)C1)C(=O)N1CCC[C@H](N1)C(=O)OCC(C)(C)C2. The number of carbonyl (C=O) groups is 5. The van der Waals surface area contributed by atoms with Crippen molar-refractivity contribution < 1.29 is 33.4 Å². The van der Waals surface area contributed by atoms with Gasteiger partial charge in [-0.3, -0.25) is 34.0 Å². The lowest BCUT2D eigenvalue weighted by molar-refractivity contribution is -0.155. The van der Waals surface area contributed by atoms with Crippen molar-refractivity contribution in [2.75, 3.05) is 54.0 Å². The van der Waals surface area contributed by atoms with Gasteiger partial charge in [0.15, 0.2) is 0 Å². The monoisotopic (exact) mass is 911 g/mol. The zero-order valence-electron chi connectivity index (χ0n) is 39.2. The van der Waals surface area contributed by atoms with Gasteiger partial charge in [-0.05, 0) is 82.3 Å². The molecule has 16 nitrogen and oxygen atoms in total. The zero-order chi connectivity index (χ0) is 46.7. The van der Waals surface area contributed by atoms with Crippen LogP contribution in [0, 0.1) is 17.3 Å². The van der Waals surface area contributed by atoms with E-state index >= 15 is 0 Å². The molecular formula is C48H65N9O7S. The average molecular weight is 912 g/mol. The molecule has 0 spiro atoms. The van der Waals surface area contributed by atoms with E-state index in [2.05, 4.69) is 65.7 Å². The number of methoxy groups -OCH3 is 1. The van der Waals surface area contributed by atoms with Crippen LogP contribution in [0.2, 0.25) is 0 Å². The third-order valence-electron chi connectivity index (χ3n) is 13.0. The molecule has 3 aromatic heterocycles. The lowest BCUT2D eigenvalue weighted by Gasteiger charge is -2.36. The summed E-state index contributed by atoms with van der Waals surface area (Å²) < 4.78 is 14.2. The number of cyclic esters (lactones) is 1. The summed E-state index contributed by atoms with van der Waals surface area (Å²) in [6, 6.07) is 7.64. The molecule has 0 unspecified atom stereocenters. The molecule has 7 rings (SSSR count). The molecule has 0 aliphatic carbocycles. The molecule has 4 aromatic rings. The first-order valence-electron chi connectivity index (χ1n) is 22.9. The molecule has 0 saturated carbocycles. The molecule has 5 atom stereocenters. The van der Waals surface area contributed by atoms with E-state index in [1.807, 2.05) is 32.2 Å². The van der Waals surface area contributed by atoms with Gasteiger partial charge in [0, 0.05) is 85.8 Å². The van der Waals surface area contributed by atoms with Gasteiger partial charge in [-0.2, -0.15) is 0 Å². The minimum Gasteiger partial charge on any atom is -0.464 e. The number of rotatable bonds is 11. The van der Waals surface area contributed by atoms with Crippen LogP contribution in [0.15, 0.2) is 41.9 Å². The highest BCUT2D eigenvalue weighted by Crippen LogP contribution is 2.42. The molecule has 6 bridgehead atoms. The third kappa shape index (κ3) is 10.1. The van der Waals surface area contributed by atoms with Crippen LogP contribution >= 0.6 is 11.3 Å². The molecule has 350 valence electrons. The van der Waals surface area contributed by atoms with Crippen LogP contribution in [-0.2, 0) is 52.8 Å². The first kappa shape index (κ1) is 47.7. The molecule has 2 saturated heterocycles. The van der Waals surface area contributed by atoms with Crippen LogP contribution in [0.3, 0.4) is 0 Å². The molecule has 17 heteroatoms. The van der Waals surface area contributed by atoms with Gasteiger partial charge in [0.1, 0.15) is 18.1 Å². The zero-order valence-corrected chi connectivity index (χ0v) is 40.0. The Morgan fingerprint density at radius 3 is 2.63 bits per heavy atom. The van der Waals surface area contributed by atoms with E-state index in [0.717, 1.165) is 44.7 Å². The van der Waals surface area contributed by atoms with E-state index in [0.29, 0.717) is 50.3 Å². The van der Waals surface area contributed by atoms with E-state index in [1.54, 1.807) is 32.3 Å². The summed E-state index contributed by atoms with van der Waals surface area (Å²) in [6.07, 6.45) is 3.70. The van der Waals surface area contributed by atoms with Crippen LogP contribution in [0.4, 0.5) is 0 Å². The number of benzene rings is 1. The Morgan fingerprint density at radius 1 is 1.12 bits per heavy atom. The fourth-order valence-corrected chi connectivity index (χ4v) is 10.5. The van der Waals surface area contributed by atoms with Crippen molar-refractivity contribution in [2.24, 2.45) is 17.3 Å². The number of pyridine rings is 1. The molecule has 4 amide bonds. The molecule has 3 N–H and O–H groups in total. The number of fused-ring (bicyclic) bond motifs is 6. The maximum Gasteiger partial charge on any atom is 0.324 e. The summed E-state index contributed by atoms with van der Waals surface area (Å²) >= 11 is 1.41.